The van der Waals surface area contributed by atoms with Crippen LogP contribution >= 0.6 is 48.9 Å². The molecular weight excluding hydrogens is 889 g/mol. The molecule has 3 N–H and O–H groups in total. The molecule has 0 bridgehead atoms. The number of alkyl halides is 1. The summed E-state index contributed by atoms with van der Waals surface area (Å²) in [6.45, 7) is 7.87. The number of unbranched alkanes of at least 4 members (excludes halogenated alkanes) is 2. The Morgan fingerprint density at radius 3 is 1.43 bits per heavy atom. The van der Waals surface area contributed by atoms with Gasteiger partial charge < -0.3 is 23.0 Å². The molecule has 0 radical (unpaired) electrons. The summed E-state index contributed by atoms with van der Waals surface area (Å²) in [6.07, 6.45) is 4.42. The van der Waals surface area contributed by atoms with Gasteiger partial charge in [-0.3, -0.25) is 23.3 Å². The molecule has 12 nitrogen and oxygen atoms in total. The molecule has 0 spiro atoms. The van der Waals surface area contributed by atoms with Gasteiger partial charge in [0.15, 0.2) is 0 Å². The Kier molecular flexibility index (Phi) is 26.2. The van der Waals surface area contributed by atoms with E-state index in [1.165, 1.54) is 20.0 Å². The summed E-state index contributed by atoms with van der Waals surface area (Å²) in [5.41, 5.74) is 6.34. The number of carbonyl (C=O) groups excluding carboxylic acids is 2. The van der Waals surface area contributed by atoms with E-state index < -0.39 is 33.8 Å². The first kappa shape index (κ1) is 52.6. The number of halogens is 2. The summed E-state index contributed by atoms with van der Waals surface area (Å²) in [7, 11) is -6.00. The Morgan fingerprint density at radius 2 is 1.03 bits per heavy atom. The van der Waals surface area contributed by atoms with Gasteiger partial charge in [-0.2, -0.15) is 0 Å². The average molecular weight is 946 g/mol. The van der Waals surface area contributed by atoms with Crippen LogP contribution in [0.4, 0.5) is 0 Å². The minimum Gasteiger partial charge on any atom is -0.465 e. The molecule has 0 heterocycles. The van der Waals surface area contributed by atoms with E-state index in [-0.39, 0.29) is 10.8 Å². The lowest BCUT2D eigenvalue weighted by molar-refractivity contribution is -0.145. The largest absolute Gasteiger partial charge is 0.465 e. The molecule has 58 heavy (non-hydrogen) atoms. The predicted octanol–water partition coefficient (Wildman–Crippen LogP) is 11.5. The van der Waals surface area contributed by atoms with Crippen molar-refractivity contribution >= 4 is 60.9 Å². The Bertz CT molecular complexity index is 1800. The van der Waals surface area contributed by atoms with Gasteiger partial charge in [-0.1, -0.05) is 128 Å². The van der Waals surface area contributed by atoms with Crippen LogP contribution in [0.3, 0.4) is 0 Å². The number of carbonyl (C=O) groups is 2. The Hall–Kier alpha value is -3.40. The molecule has 0 saturated carbocycles. The van der Waals surface area contributed by atoms with Crippen LogP contribution in [0.5, 0.6) is 17.2 Å². The fourth-order valence-corrected chi connectivity index (χ4v) is 7.40. The van der Waals surface area contributed by atoms with Crippen LogP contribution in [-0.2, 0) is 39.2 Å². The monoisotopic (exact) mass is 944 g/mol. The predicted molar refractivity (Wildman–Crippen MR) is 239 cm³/mol. The number of ether oxygens (including phenoxy) is 2. The van der Waals surface area contributed by atoms with Gasteiger partial charge in [-0.15, -0.1) is 0 Å². The van der Waals surface area contributed by atoms with Crippen molar-refractivity contribution in [2.45, 2.75) is 63.7 Å². The number of hydrogen-bond acceptors (Lipinski definition) is 10. The van der Waals surface area contributed by atoms with Gasteiger partial charge in [0.2, 0.25) is 0 Å². The highest BCUT2D eigenvalue weighted by molar-refractivity contribution is 9.10. The topological polar surface area (TPSA) is 170 Å². The molecule has 5 unspecified atom stereocenters. The minimum atomic E-state index is -3.11. The molecule has 5 atom stereocenters. The van der Waals surface area contributed by atoms with Crippen molar-refractivity contribution in [2.75, 3.05) is 33.2 Å². The molecule has 0 amide bonds. The molecule has 0 saturated heterocycles. The van der Waals surface area contributed by atoms with Crippen LogP contribution in [0.25, 0.3) is 0 Å². The van der Waals surface area contributed by atoms with Crippen molar-refractivity contribution in [1.29, 1.82) is 0 Å². The minimum absolute atomic E-state index is 0.169. The lowest BCUT2D eigenvalue weighted by Gasteiger charge is -2.20. The van der Waals surface area contributed by atoms with Crippen LogP contribution in [0.1, 0.15) is 52.0 Å². The quantitative estimate of drug-likeness (QED) is 0.0419. The zero-order chi connectivity index (χ0) is 43.5. The van der Waals surface area contributed by atoms with Gasteiger partial charge in [0.1, 0.15) is 28.1 Å². The molecule has 0 fully saturated rings. The number of para-hydroxylation sites is 3. The lowest BCUT2D eigenvalue weighted by atomic mass is 10.1. The van der Waals surface area contributed by atoms with E-state index in [0.717, 1.165) is 31.2 Å². The molecule has 320 valence electrons. The lowest BCUT2D eigenvalue weighted by Crippen LogP contribution is -2.34. The third-order valence-corrected chi connectivity index (χ3v) is 10.3. The van der Waals surface area contributed by atoms with E-state index >= 15 is 0 Å². The molecule has 0 aliphatic heterocycles. The molecule has 4 rings (SSSR count). The average Bonchev–Trinajstić information content (AvgIpc) is 3.15. The fraction of sp³-hybridized carbons (Fsp3) is 0.366. The zero-order valence-corrected chi connectivity index (χ0v) is 38.9. The third kappa shape index (κ3) is 28.1. The van der Waals surface area contributed by atoms with Crippen molar-refractivity contribution in [3.05, 3.63) is 127 Å². The molecule has 0 aliphatic carbocycles. The summed E-state index contributed by atoms with van der Waals surface area (Å²) in [5.74, 6) is 0.987. The van der Waals surface area contributed by atoms with E-state index in [1.807, 2.05) is 55.5 Å². The van der Waals surface area contributed by atoms with Crippen molar-refractivity contribution < 1.29 is 46.3 Å². The first-order chi connectivity index (χ1) is 27.3. The van der Waals surface area contributed by atoms with Gasteiger partial charge in [-0.05, 0) is 79.4 Å². The molecule has 4 aromatic rings. The fourth-order valence-electron chi connectivity index (χ4n) is 4.23. The van der Waals surface area contributed by atoms with Gasteiger partial charge >= 0.3 is 33.7 Å². The van der Waals surface area contributed by atoms with Crippen LogP contribution in [0, 0.1) is 0 Å². The van der Waals surface area contributed by atoms with E-state index in [2.05, 4.69) is 27.9 Å². The number of nitrogens with one attached hydrogen (secondary N) is 1. The maximum absolute atomic E-state index is 12.3. The van der Waals surface area contributed by atoms with E-state index in [1.54, 1.807) is 79.7 Å². The van der Waals surface area contributed by atoms with Gasteiger partial charge in [-0.25, -0.2) is 10.6 Å². The number of benzene rings is 4. The van der Waals surface area contributed by atoms with Gasteiger partial charge in [0.25, 0.3) is 0 Å². The van der Waals surface area contributed by atoms with Crippen LogP contribution in [0.15, 0.2) is 121 Å². The summed E-state index contributed by atoms with van der Waals surface area (Å²) in [4.78, 5) is 23.0. The van der Waals surface area contributed by atoms with Crippen LogP contribution < -0.4 is 24.2 Å². The Balaban J connectivity index is 0.000000399. The van der Waals surface area contributed by atoms with Crippen molar-refractivity contribution in [3.63, 3.8) is 0 Å². The molecule has 0 aliphatic rings. The second kappa shape index (κ2) is 28.9. The molecule has 17 heteroatoms. The summed E-state index contributed by atoms with van der Waals surface area (Å²) in [6, 6.07) is 35.8. The van der Waals surface area contributed by atoms with Gasteiger partial charge in [0.05, 0.1) is 13.2 Å². The normalized spacial score (nSPS) is 14.4. The summed E-state index contributed by atoms with van der Waals surface area (Å²) >= 11 is 8.76. The van der Waals surface area contributed by atoms with E-state index in [4.69, 9.17) is 39.8 Å². The van der Waals surface area contributed by atoms with Gasteiger partial charge in [0, 0.05) is 20.0 Å². The number of nitrogens with two attached hydrogens (primary N) is 1. The van der Waals surface area contributed by atoms with Crippen molar-refractivity contribution in [3.8, 4) is 17.2 Å². The first-order valence-corrected chi connectivity index (χ1v) is 26.7. The molecular formula is C41H57BrClN2O10P3. The third-order valence-electron chi connectivity index (χ3n) is 6.84. The second-order valence-electron chi connectivity index (χ2n) is 12.8. The van der Waals surface area contributed by atoms with E-state index in [9.17, 15) is 23.3 Å². The maximum Gasteiger partial charge on any atom is 0.333 e. The highest BCUT2D eigenvalue weighted by Crippen LogP contribution is 2.48. The standard InChI is InChI=1S/C14H22NO4P.C13H17BrO2.C7H8ClO2P.C7H10NO2P/c1-4-5-11-18-14(16)12(2)15-20(3,17)19-13-9-7-6-8-10-13;1-2-3-9-16-13(15)12(14)10-11-7-5-4-6-8-11;2*1-11(8,9)10-7-5-3-2-4-6-7/h6-10,12H,4-5,11H2,1-3H3,(H,15,17);4-8,12H,2-3,9-10H2,1H3;2-6H,1H3;2-6H,1H3,(H2,8,9). The molecule has 4 aromatic carbocycles. The van der Waals surface area contributed by atoms with Crippen LogP contribution in [-0.4, -0.2) is 56.0 Å². The highest BCUT2D eigenvalue weighted by atomic mass is 79.9. The number of hydrogen-bond donors (Lipinski definition) is 2. The van der Waals surface area contributed by atoms with Crippen LogP contribution in [0.2, 0.25) is 0 Å². The maximum atomic E-state index is 12.3. The zero-order valence-electron chi connectivity index (χ0n) is 33.9. The highest BCUT2D eigenvalue weighted by Gasteiger charge is 2.25. The Morgan fingerprint density at radius 1 is 0.655 bits per heavy atom. The molecule has 0 aromatic heterocycles. The van der Waals surface area contributed by atoms with Crippen molar-refractivity contribution in [1.82, 2.24) is 5.09 Å². The first-order valence-electron chi connectivity index (χ1n) is 18.6. The van der Waals surface area contributed by atoms with Crippen molar-refractivity contribution in [2.24, 2.45) is 5.50 Å². The Labute approximate surface area is 357 Å². The summed E-state index contributed by atoms with van der Waals surface area (Å²) < 4.78 is 59.6. The smallest absolute Gasteiger partial charge is 0.333 e. The number of rotatable bonds is 18. The summed E-state index contributed by atoms with van der Waals surface area (Å²) in [5, 5.41) is 2.69. The van der Waals surface area contributed by atoms with E-state index in [0.29, 0.717) is 36.9 Å². The second-order valence-corrected chi connectivity index (χ2v) is 21.5. The SMILES string of the molecule is CCCCOC(=O)C(Br)Cc1ccccc1.CCCCOC(=O)C(C)NP(C)(=O)Oc1ccccc1.CP(=O)(Cl)Oc1ccccc1.CP(N)(=O)Oc1ccccc1. The number of esters is 2.